The first-order chi connectivity index (χ1) is 9.54. The van der Waals surface area contributed by atoms with Gasteiger partial charge in [-0.05, 0) is 66.9 Å². The van der Waals surface area contributed by atoms with Crippen molar-refractivity contribution in [1.82, 2.24) is 0 Å². The zero-order valence-corrected chi connectivity index (χ0v) is 15.6. The minimum atomic E-state index is 0.0312. The maximum Gasteiger partial charge on any atom is 0.195 e. The highest BCUT2D eigenvalue weighted by molar-refractivity contribution is 9.12. The van der Waals surface area contributed by atoms with E-state index in [0.29, 0.717) is 11.1 Å². The molecule has 0 amide bonds. The van der Waals surface area contributed by atoms with Gasteiger partial charge in [0.15, 0.2) is 5.78 Å². The number of halogens is 3. The van der Waals surface area contributed by atoms with Gasteiger partial charge in [-0.15, -0.1) is 11.3 Å². The van der Waals surface area contributed by atoms with Crippen LogP contribution in [0.2, 0.25) is 0 Å². The molecule has 0 N–H and O–H groups in total. The normalized spacial score (nSPS) is 10.9. The summed E-state index contributed by atoms with van der Waals surface area (Å²) in [6.07, 6.45) is 0. The van der Waals surface area contributed by atoms with Crippen LogP contribution in [0.1, 0.15) is 15.9 Å². The second kappa shape index (κ2) is 5.72. The summed E-state index contributed by atoms with van der Waals surface area (Å²) in [7, 11) is 0. The molecule has 0 aliphatic carbocycles. The molecule has 0 atom stereocenters. The number of carbonyl (C=O) groups is 1. The van der Waals surface area contributed by atoms with Crippen molar-refractivity contribution >= 4 is 75.7 Å². The van der Waals surface area contributed by atoms with Crippen LogP contribution in [0.15, 0.2) is 54.5 Å². The van der Waals surface area contributed by atoms with Crippen LogP contribution in [0.3, 0.4) is 0 Å². The standard InChI is InChI=1S/C15H7Br3OS/c16-11-4-3-8-5-10(2-1-9(8)6-11)14(19)12-7-13(17)20-15(12)18/h1-7H. The highest BCUT2D eigenvalue weighted by atomic mass is 79.9. The fourth-order valence-electron chi connectivity index (χ4n) is 2.01. The van der Waals surface area contributed by atoms with Gasteiger partial charge in [0, 0.05) is 15.6 Å². The average Bonchev–Trinajstić information content (AvgIpc) is 2.76. The molecule has 20 heavy (non-hydrogen) atoms. The molecule has 1 aromatic heterocycles. The Hall–Kier alpha value is -0.490. The SMILES string of the molecule is O=C(c1ccc2cc(Br)ccc2c1)c1cc(Br)sc1Br. The van der Waals surface area contributed by atoms with Crippen LogP contribution in [0, 0.1) is 0 Å². The molecule has 0 spiro atoms. The summed E-state index contributed by atoms with van der Waals surface area (Å²) in [6, 6.07) is 13.7. The highest BCUT2D eigenvalue weighted by Gasteiger charge is 2.16. The van der Waals surface area contributed by atoms with Gasteiger partial charge < -0.3 is 0 Å². The number of hydrogen-bond donors (Lipinski definition) is 0. The van der Waals surface area contributed by atoms with Gasteiger partial charge in [-0.2, -0.15) is 0 Å². The predicted octanol–water partition coefficient (Wildman–Crippen LogP) is 6.42. The van der Waals surface area contributed by atoms with Crippen molar-refractivity contribution in [2.45, 2.75) is 0 Å². The molecule has 3 rings (SSSR count). The van der Waals surface area contributed by atoms with E-state index < -0.39 is 0 Å². The summed E-state index contributed by atoms with van der Waals surface area (Å²) in [5.41, 5.74) is 1.39. The molecule has 0 saturated heterocycles. The fraction of sp³-hybridized carbons (Fsp3) is 0. The molecule has 0 bridgehead atoms. The van der Waals surface area contributed by atoms with Crippen LogP contribution >= 0.6 is 59.1 Å². The number of thiophene rings is 1. The first-order valence-electron chi connectivity index (χ1n) is 5.73. The maximum atomic E-state index is 12.5. The van der Waals surface area contributed by atoms with E-state index in [-0.39, 0.29) is 5.78 Å². The van der Waals surface area contributed by atoms with Crippen molar-refractivity contribution in [3.63, 3.8) is 0 Å². The first kappa shape index (κ1) is 14.4. The summed E-state index contributed by atoms with van der Waals surface area (Å²) < 4.78 is 2.83. The van der Waals surface area contributed by atoms with E-state index >= 15 is 0 Å². The quantitative estimate of drug-likeness (QED) is 0.392. The summed E-state index contributed by atoms with van der Waals surface area (Å²) in [6.45, 7) is 0. The molecule has 0 fully saturated rings. The van der Waals surface area contributed by atoms with Crippen LogP contribution in [0.25, 0.3) is 10.8 Å². The summed E-state index contributed by atoms with van der Waals surface area (Å²) in [5.74, 6) is 0.0312. The largest absolute Gasteiger partial charge is 0.289 e. The molecule has 1 nitrogen and oxygen atoms in total. The molecule has 5 heteroatoms. The Morgan fingerprint density at radius 3 is 2.30 bits per heavy atom. The zero-order valence-electron chi connectivity index (χ0n) is 9.99. The van der Waals surface area contributed by atoms with E-state index in [0.717, 1.165) is 22.8 Å². The summed E-state index contributed by atoms with van der Waals surface area (Å²) in [5, 5.41) is 2.17. The second-order valence-electron chi connectivity index (χ2n) is 4.27. The summed E-state index contributed by atoms with van der Waals surface area (Å²) in [4.78, 5) is 12.5. The molecule has 3 aromatic rings. The Bertz CT molecular complexity index is 823. The third-order valence-electron chi connectivity index (χ3n) is 2.97. The third-order valence-corrected chi connectivity index (χ3v) is 5.80. The van der Waals surface area contributed by atoms with Crippen LogP contribution in [0.4, 0.5) is 0 Å². The van der Waals surface area contributed by atoms with E-state index in [9.17, 15) is 4.79 Å². The molecule has 0 aliphatic heterocycles. The van der Waals surface area contributed by atoms with E-state index in [4.69, 9.17) is 0 Å². The van der Waals surface area contributed by atoms with Crippen LogP contribution in [0.5, 0.6) is 0 Å². The monoisotopic (exact) mass is 472 g/mol. The topological polar surface area (TPSA) is 17.1 Å². The lowest BCUT2D eigenvalue weighted by molar-refractivity contribution is 0.103. The number of carbonyl (C=O) groups excluding carboxylic acids is 1. The van der Waals surface area contributed by atoms with Crippen molar-refractivity contribution in [2.24, 2.45) is 0 Å². The van der Waals surface area contributed by atoms with Gasteiger partial charge in [0.05, 0.1) is 7.57 Å². The number of fused-ring (bicyclic) bond motifs is 1. The van der Waals surface area contributed by atoms with Gasteiger partial charge in [0.25, 0.3) is 0 Å². The van der Waals surface area contributed by atoms with Crippen molar-refractivity contribution in [1.29, 1.82) is 0 Å². The van der Waals surface area contributed by atoms with E-state index in [1.165, 1.54) is 11.3 Å². The van der Waals surface area contributed by atoms with Gasteiger partial charge in [-0.3, -0.25) is 4.79 Å². The van der Waals surface area contributed by atoms with E-state index in [1.807, 2.05) is 42.5 Å². The molecule has 0 saturated carbocycles. The average molecular weight is 475 g/mol. The Morgan fingerprint density at radius 2 is 1.60 bits per heavy atom. The molecule has 1 heterocycles. The molecule has 0 radical (unpaired) electrons. The first-order valence-corrected chi connectivity index (χ1v) is 8.93. The van der Waals surface area contributed by atoms with Crippen LogP contribution in [-0.4, -0.2) is 5.78 Å². The molecular weight excluding hydrogens is 468 g/mol. The Balaban J connectivity index is 2.08. The van der Waals surface area contributed by atoms with E-state index in [2.05, 4.69) is 47.8 Å². The van der Waals surface area contributed by atoms with Gasteiger partial charge in [-0.1, -0.05) is 34.1 Å². The van der Waals surface area contributed by atoms with E-state index in [1.54, 1.807) is 0 Å². The third kappa shape index (κ3) is 2.77. The Kier molecular flexibility index (Phi) is 4.13. The predicted molar refractivity (Wildman–Crippen MR) is 94.8 cm³/mol. The lowest BCUT2D eigenvalue weighted by atomic mass is 10.0. The summed E-state index contributed by atoms with van der Waals surface area (Å²) >= 11 is 11.8. The zero-order chi connectivity index (χ0) is 14.3. The number of hydrogen-bond acceptors (Lipinski definition) is 2. The lowest BCUT2D eigenvalue weighted by Crippen LogP contribution is -2.00. The van der Waals surface area contributed by atoms with Crippen LogP contribution in [-0.2, 0) is 0 Å². The molecule has 2 aromatic carbocycles. The fourth-order valence-corrected chi connectivity index (χ4v) is 5.18. The number of rotatable bonds is 2. The van der Waals surface area contributed by atoms with Crippen LogP contribution < -0.4 is 0 Å². The van der Waals surface area contributed by atoms with Crippen molar-refractivity contribution < 1.29 is 4.79 Å². The number of benzene rings is 2. The van der Waals surface area contributed by atoms with Gasteiger partial charge in [0.2, 0.25) is 0 Å². The Morgan fingerprint density at radius 1 is 0.900 bits per heavy atom. The molecule has 100 valence electrons. The smallest absolute Gasteiger partial charge is 0.195 e. The van der Waals surface area contributed by atoms with Gasteiger partial charge in [0.1, 0.15) is 0 Å². The maximum absolute atomic E-state index is 12.5. The minimum absolute atomic E-state index is 0.0312. The Labute approximate surface area is 145 Å². The number of ketones is 1. The minimum Gasteiger partial charge on any atom is -0.289 e. The lowest BCUT2D eigenvalue weighted by Gasteiger charge is -2.03. The molecule has 0 unspecified atom stereocenters. The molecule has 0 aliphatic rings. The van der Waals surface area contributed by atoms with Crippen molar-refractivity contribution in [2.75, 3.05) is 0 Å². The van der Waals surface area contributed by atoms with Crippen molar-refractivity contribution in [3.8, 4) is 0 Å². The van der Waals surface area contributed by atoms with Crippen molar-refractivity contribution in [3.05, 3.63) is 65.6 Å². The molecular formula is C15H7Br3OS. The second-order valence-corrected chi connectivity index (χ2v) is 8.94. The van der Waals surface area contributed by atoms with Gasteiger partial charge in [-0.25, -0.2) is 0 Å². The van der Waals surface area contributed by atoms with Gasteiger partial charge >= 0.3 is 0 Å². The highest BCUT2D eigenvalue weighted by Crippen LogP contribution is 2.33.